The van der Waals surface area contributed by atoms with E-state index in [0.29, 0.717) is 0 Å². The van der Waals surface area contributed by atoms with Crippen molar-refractivity contribution in [3.8, 4) is 0 Å². The van der Waals surface area contributed by atoms with Gasteiger partial charge in [0, 0.05) is 6.20 Å². The molecule has 1 heterocycles. The van der Waals surface area contributed by atoms with Crippen LogP contribution in [-0.4, -0.2) is 12.8 Å². The Kier molecular flexibility index (Phi) is 1.88. The first kappa shape index (κ1) is 6.34. The van der Waals surface area contributed by atoms with E-state index in [-0.39, 0.29) is 0 Å². The van der Waals surface area contributed by atoms with E-state index in [1.54, 1.807) is 0 Å². The van der Waals surface area contributed by atoms with Crippen molar-refractivity contribution in [2.45, 2.75) is 13.3 Å². The zero-order valence-electron chi connectivity index (χ0n) is 5.89. The SMILES string of the molecule is Bc1ccc(CC)cn1. The van der Waals surface area contributed by atoms with E-state index in [1.165, 1.54) is 5.56 Å². The Hall–Kier alpha value is -0.785. The van der Waals surface area contributed by atoms with Gasteiger partial charge in [-0.25, -0.2) is 0 Å². The molecule has 0 atom stereocenters. The lowest BCUT2D eigenvalue weighted by Crippen LogP contribution is -2.06. The van der Waals surface area contributed by atoms with Gasteiger partial charge in [-0.05, 0) is 17.6 Å². The molecular weight excluding hydrogens is 109 g/mol. The molecule has 0 unspecified atom stereocenters. The monoisotopic (exact) mass is 119 g/mol. The second kappa shape index (κ2) is 2.67. The molecule has 9 heavy (non-hydrogen) atoms. The van der Waals surface area contributed by atoms with Crippen LogP contribution >= 0.6 is 0 Å². The zero-order valence-corrected chi connectivity index (χ0v) is 5.89. The molecule has 0 aliphatic heterocycles. The fourth-order valence-electron chi connectivity index (χ4n) is 0.708. The predicted molar refractivity (Wildman–Crippen MR) is 41.8 cm³/mol. The first-order chi connectivity index (χ1) is 4.33. The van der Waals surface area contributed by atoms with Gasteiger partial charge in [0.2, 0.25) is 0 Å². The fourth-order valence-corrected chi connectivity index (χ4v) is 0.708. The number of aromatic nitrogens is 1. The van der Waals surface area contributed by atoms with Crippen molar-refractivity contribution in [3.63, 3.8) is 0 Å². The molecule has 1 aromatic heterocycles. The summed E-state index contributed by atoms with van der Waals surface area (Å²) in [5.74, 6) is 0. The minimum absolute atomic E-state index is 1.08. The molecule has 46 valence electrons. The van der Waals surface area contributed by atoms with Crippen molar-refractivity contribution in [1.82, 2.24) is 4.98 Å². The summed E-state index contributed by atoms with van der Waals surface area (Å²) in [6.07, 6.45) is 3.00. The van der Waals surface area contributed by atoms with E-state index in [1.807, 2.05) is 20.1 Å². The lowest BCUT2D eigenvalue weighted by molar-refractivity contribution is 1.11. The summed E-state index contributed by atoms with van der Waals surface area (Å²) in [7, 11) is 2.00. The van der Waals surface area contributed by atoms with Crippen LogP contribution in [0.4, 0.5) is 0 Å². The number of hydrogen-bond donors (Lipinski definition) is 0. The molecule has 0 N–H and O–H groups in total. The van der Waals surface area contributed by atoms with Crippen LogP contribution < -0.4 is 5.59 Å². The van der Waals surface area contributed by atoms with Gasteiger partial charge < -0.3 is 0 Å². The first-order valence-corrected chi connectivity index (χ1v) is 3.24. The summed E-state index contributed by atoms with van der Waals surface area (Å²) in [6, 6.07) is 4.15. The van der Waals surface area contributed by atoms with E-state index in [9.17, 15) is 0 Å². The zero-order chi connectivity index (χ0) is 6.69. The van der Waals surface area contributed by atoms with Crippen molar-refractivity contribution >= 4 is 13.4 Å². The minimum Gasteiger partial charge on any atom is -0.272 e. The normalized spacial score (nSPS) is 9.44. The summed E-state index contributed by atoms with van der Waals surface area (Å²) in [4.78, 5) is 4.15. The number of hydrogen-bond acceptors (Lipinski definition) is 1. The second-order valence-electron chi connectivity index (χ2n) is 2.16. The standard InChI is InChI=1S/C7H10BN/c1-2-6-3-4-7(8)9-5-6/h3-5H,2,8H2,1H3. The summed E-state index contributed by atoms with van der Waals surface area (Å²) in [5, 5.41) is 0. The second-order valence-corrected chi connectivity index (χ2v) is 2.16. The van der Waals surface area contributed by atoms with Crippen LogP contribution in [0.2, 0.25) is 0 Å². The van der Waals surface area contributed by atoms with Gasteiger partial charge in [-0.15, -0.1) is 0 Å². The smallest absolute Gasteiger partial charge is 0.163 e. The first-order valence-electron chi connectivity index (χ1n) is 3.24. The molecular formula is C7H10BN. The van der Waals surface area contributed by atoms with Crippen molar-refractivity contribution in [2.75, 3.05) is 0 Å². The highest BCUT2D eigenvalue weighted by atomic mass is 14.6. The topological polar surface area (TPSA) is 12.9 Å². The lowest BCUT2D eigenvalue weighted by atomic mass is 10.0. The molecule has 1 aromatic rings. The van der Waals surface area contributed by atoms with Crippen LogP contribution in [0.3, 0.4) is 0 Å². The van der Waals surface area contributed by atoms with Gasteiger partial charge in [-0.1, -0.05) is 19.1 Å². The Balaban J connectivity index is 2.88. The Morgan fingerprint density at radius 2 is 2.33 bits per heavy atom. The predicted octanol–water partition coefficient (Wildman–Crippen LogP) is -0.0976. The highest BCUT2D eigenvalue weighted by Crippen LogP contribution is 1.92. The van der Waals surface area contributed by atoms with Crippen LogP contribution in [0, 0.1) is 0 Å². The van der Waals surface area contributed by atoms with Gasteiger partial charge >= 0.3 is 0 Å². The molecule has 0 aromatic carbocycles. The Morgan fingerprint density at radius 1 is 1.56 bits per heavy atom. The van der Waals surface area contributed by atoms with E-state index in [4.69, 9.17) is 0 Å². The van der Waals surface area contributed by atoms with Crippen molar-refractivity contribution < 1.29 is 0 Å². The molecule has 2 heteroatoms. The summed E-state index contributed by atoms with van der Waals surface area (Å²) >= 11 is 0. The van der Waals surface area contributed by atoms with Gasteiger partial charge in [0.05, 0.1) is 0 Å². The molecule has 0 spiro atoms. The van der Waals surface area contributed by atoms with Crippen LogP contribution in [0.15, 0.2) is 18.3 Å². The Morgan fingerprint density at radius 3 is 2.78 bits per heavy atom. The van der Waals surface area contributed by atoms with Gasteiger partial charge in [0.1, 0.15) is 0 Å². The minimum atomic E-state index is 1.08. The highest BCUT2D eigenvalue weighted by Gasteiger charge is 1.86. The van der Waals surface area contributed by atoms with Gasteiger partial charge in [-0.3, -0.25) is 4.98 Å². The molecule has 0 aliphatic rings. The Labute approximate surface area is 56.5 Å². The molecule has 0 saturated heterocycles. The van der Waals surface area contributed by atoms with E-state index in [0.717, 1.165) is 12.0 Å². The number of nitrogens with zero attached hydrogens (tertiary/aromatic N) is 1. The average molecular weight is 119 g/mol. The molecule has 1 nitrogen and oxygen atoms in total. The molecule has 0 bridgehead atoms. The summed E-state index contributed by atoms with van der Waals surface area (Å²) < 4.78 is 0. The molecule has 0 amide bonds. The molecule has 0 fully saturated rings. The molecule has 0 radical (unpaired) electrons. The van der Waals surface area contributed by atoms with Crippen LogP contribution in [0.5, 0.6) is 0 Å². The van der Waals surface area contributed by atoms with E-state index in [2.05, 4.69) is 18.0 Å². The van der Waals surface area contributed by atoms with Crippen molar-refractivity contribution in [3.05, 3.63) is 23.9 Å². The third-order valence-corrected chi connectivity index (χ3v) is 1.38. The van der Waals surface area contributed by atoms with E-state index < -0.39 is 0 Å². The van der Waals surface area contributed by atoms with Gasteiger partial charge in [-0.2, -0.15) is 0 Å². The molecule has 0 saturated carbocycles. The maximum atomic E-state index is 4.15. The van der Waals surface area contributed by atoms with Crippen LogP contribution in [0.1, 0.15) is 12.5 Å². The van der Waals surface area contributed by atoms with Crippen LogP contribution in [-0.2, 0) is 6.42 Å². The average Bonchev–Trinajstić information content (AvgIpc) is 1.90. The summed E-state index contributed by atoms with van der Waals surface area (Å²) in [5.41, 5.74) is 2.40. The quantitative estimate of drug-likeness (QED) is 0.470. The van der Waals surface area contributed by atoms with Crippen molar-refractivity contribution in [1.29, 1.82) is 0 Å². The maximum Gasteiger partial charge on any atom is 0.163 e. The van der Waals surface area contributed by atoms with Crippen molar-refractivity contribution in [2.24, 2.45) is 0 Å². The fraction of sp³-hybridized carbons (Fsp3) is 0.286. The maximum absolute atomic E-state index is 4.15. The lowest BCUT2D eigenvalue weighted by Gasteiger charge is -1.93. The Bertz CT molecular complexity index is 181. The summed E-state index contributed by atoms with van der Waals surface area (Å²) in [6.45, 7) is 2.13. The third-order valence-electron chi connectivity index (χ3n) is 1.38. The van der Waals surface area contributed by atoms with E-state index >= 15 is 0 Å². The van der Waals surface area contributed by atoms with Gasteiger partial charge in [0.15, 0.2) is 7.85 Å². The number of pyridine rings is 1. The van der Waals surface area contributed by atoms with Gasteiger partial charge in [0.25, 0.3) is 0 Å². The number of aryl methyl sites for hydroxylation is 1. The largest absolute Gasteiger partial charge is 0.272 e. The van der Waals surface area contributed by atoms with Crippen LogP contribution in [0.25, 0.3) is 0 Å². The molecule has 1 rings (SSSR count). The third kappa shape index (κ3) is 1.56. The molecule has 0 aliphatic carbocycles. The number of rotatable bonds is 1. The highest BCUT2D eigenvalue weighted by molar-refractivity contribution is 6.30.